The number of carboxylic acid groups (broad SMARTS) is 1. The Hall–Kier alpha value is -3.35. The van der Waals surface area contributed by atoms with E-state index >= 15 is 0 Å². The number of benzene rings is 2. The van der Waals surface area contributed by atoms with Crippen LogP contribution in [0, 0.1) is 5.41 Å². The zero-order valence-electron chi connectivity index (χ0n) is 16.2. The standard InChI is InChI=1S/C22H23N3O4/c1-29-16-7-8-17-18(13-16)23-21(24-19(17)26)25-11-9-22(10-12-25,20(27)28)14-15-5-3-2-4-6-15/h2-8,13H,9-12,14H2,1H3,(H,27,28)(H,23,24,26). The number of piperidine rings is 1. The van der Waals surface area contributed by atoms with Gasteiger partial charge in [0.1, 0.15) is 5.75 Å². The van der Waals surface area contributed by atoms with Crippen molar-refractivity contribution in [2.75, 3.05) is 25.1 Å². The molecule has 1 aliphatic rings. The van der Waals surface area contributed by atoms with E-state index in [0.717, 1.165) is 5.56 Å². The molecule has 3 aromatic rings. The summed E-state index contributed by atoms with van der Waals surface area (Å²) < 4.78 is 5.23. The van der Waals surface area contributed by atoms with Crippen LogP contribution in [-0.2, 0) is 11.2 Å². The van der Waals surface area contributed by atoms with Gasteiger partial charge in [-0.05, 0) is 37.0 Å². The lowest BCUT2D eigenvalue weighted by molar-refractivity contribution is -0.150. The maximum atomic E-state index is 12.5. The van der Waals surface area contributed by atoms with Gasteiger partial charge >= 0.3 is 5.97 Å². The number of aromatic amines is 1. The van der Waals surface area contributed by atoms with Gasteiger partial charge in [0.05, 0.1) is 23.4 Å². The molecule has 0 radical (unpaired) electrons. The number of H-pyrrole nitrogens is 1. The summed E-state index contributed by atoms with van der Waals surface area (Å²) in [5.74, 6) is 0.327. The molecule has 4 rings (SSSR count). The maximum Gasteiger partial charge on any atom is 0.310 e. The summed E-state index contributed by atoms with van der Waals surface area (Å²) in [5, 5.41) is 10.4. The lowest BCUT2D eigenvalue weighted by Gasteiger charge is -2.39. The lowest BCUT2D eigenvalue weighted by atomic mass is 9.74. The molecular weight excluding hydrogens is 370 g/mol. The molecule has 0 aliphatic carbocycles. The quantitative estimate of drug-likeness (QED) is 0.692. The van der Waals surface area contributed by atoms with E-state index in [9.17, 15) is 14.7 Å². The normalized spacial score (nSPS) is 16.0. The number of carbonyl (C=O) groups is 1. The van der Waals surface area contributed by atoms with E-state index in [0.29, 0.717) is 55.0 Å². The van der Waals surface area contributed by atoms with Crippen LogP contribution in [-0.4, -0.2) is 41.2 Å². The maximum absolute atomic E-state index is 12.5. The van der Waals surface area contributed by atoms with Gasteiger partial charge in [0, 0.05) is 19.2 Å². The average Bonchev–Trinajstić information content (AvgIpc) is 2.74. The van der Waals surface area contributed by atoms with Crippen LogP contribution in [0.25, 0.3) is 10.9 Å². The molecule has 7 nitrogen and oxygen atoms in total. The van der Waals surface area contributed by atoms with Gasteiger partial charge in [-0.25, -0.2) is 4.98 Å². The van der Waals surface area contributed by atoms with Crippen molar-refractivity contribution in [2.24, 2.45) is 5.41 Å². The summed E-state index contributed by atoms with van der Waals surface area (Å²) in [4.78, 5) is 34.0. The lowest BCUT2D eigenvalue weighted by Crippen LogP contribution is -2.46. The van der Waals surface area contributed by atoms with Crippen LogP contribution in [0.5, 0.6) is 5.75 Å². The number of fused-ring (bicyclic) bond motifs is 1. The molecule has 1 aliphatic heterocycles. The Morgan fingerprint density at radius 2 is 1.93 bits per heavy atom. The smallest absolute Gasteiger partial charge is 0.310 e. The highest BCUT2D eigenvalue weighted by Crippen LogP contribution is 2.36. The average molecular weight is 393 g/mol. The Balaban J connectivity index is 1.58. The third kappa shape index (κ3) is 3.68. The molecule has 7 heteroatoms. The molecule has 0 atom stereocenters. The SMILES string of the molecule is COc1ccc2c(=O)[nH]c(N3CCC(Cc4ccccc4)(C(=O)O)CC3)nc2c1. The van der Waals surface area contributed by atoms with E-state index in [-0.39, 0.29) is 5.56 Å². The predicted octanol–water partition coefficient (Wildman–Crippen LogP) is 2.85. The number of aliphatic carboxylic acids is 1. The van der Waals surface area contributed by atoms with E-state index in [2.05, 4.69) is 9.97 Å². The molecule has 150 valence electrons. The Labute approximate surface area is 168 Å². The van der Waals surface area contributed by atoms with Gasteiger partial charge in [0.2, 0.25) is 5.95 Å². The van der Waals surface area contributed by atoms with Crippen molar-refractivity contribution >= 4 is 22.8 Å². The summed E-state index contributed by atoms with van der Waals surface area (Å²) in [7, 11) is 1.57. The summed E-state index contributed by atoms with van der Waals surface area (Å²) in [5.41, 5.74) is 0.556. The highest BCUT2D eigenvalue weighted by Gasteiger charge is 2.42. The van der Waals surface area contributed by atoms with Crippen LogP contribution in [0.4, 0.5) is 5.95 Å². The van der Waals surface area contributed by atoms with Crippen molar-refractivity contribution in [3.63, 3.8) is 0 Å². The van der Waals surface area contributed by atoms with Crippen LogP contribution in [0.3, 0.4) is 0 Å². The summed E-state index contributed by atoms with van der Waals surface area (Å²) >= 11 is 0. The van der Waals surface area contributed by atoms with Crippen molar-refractivity contribution in [1.82, 2.24) is 9.97 Å². The highest BCUT2D eigenvalue weighted by molar-refractivity contribution is 5.80. The van der Waals surface area contributed by atoms with Crippen LogP contribution >= 0.6 is 0 Å². The largest absolute Gasteiger partial charge is 0.497 e. The van der Waals surface area contributed by atoms with Crippen LogP contribution < -0.4 is 15.2 Å². The first kappa shape index (κ1) is 19.0. The third-order valence-corrected chi connectivity index (χ3v) is 5.76. The minimum atomic E-state index is -0.807. The minimum absolute atomic E-state index is 0.216. The third-order valence-electron chi connectivity index (χ3n) is 5.76. The molecule has 2 aromatic carbocycles. The Morgan fingerprint density at radius 1 is 1.21 bits per heavy atom. The minimum Gasteiger partial charge on any atom is -0.497 e. The van der Waals surface area contributed by atoms with Crippen LogP contribution in [0.1, 0.15) is 18.4 Å². The molecule has 0 amide bonds. The van der Waals surface area contributed by atoms with Gasteiger partial charge in [-0.2, -0.15) is 0 Å². The molecule has 0 unspecified atom stereocenters. The molecule has 1 saturated heterocycles. The number of hydrogen-bond donors (Lipinski definition) is 2. The summed E-state index contributed by atoms with van der Waals surface area (Å²) in [6, 6.07) is 14.9. The van der Waals surface area contributed by atoms with Crippen molar-refractivity contribution in [3.05, 3.63) is 64.4 Å². The monoisotopic (exact) mass is 393 g/mol. The van der Waals surface area contributed by atoms with Gasteiger partial charge in [-0.1, -0.05) is 30.3 Å². The van der Waals surface area contributed by atoms with Crippen LogP contribution in [0.15, 0.2) is 53.3 Å². The highest BCUT2D eigenvalue weighted by atomic mass is 16.5. The van der Waals surface area contributed by atoms with E-state index in [4.69, 9.17) is 4.74 Å². The second-order valence-electron chi connectivity index (χ2n) is 7.51. The first-order valence-corrected chi connectivity index (χ1v) is 9.61. The fraction of sp³-hybridized carbons (Fsp3) is 0.318. The van der Waals surface area contributed by atoms with E-state index < -0.39 is 11.4 Å². The number of anilines is 1. The summed E-state index contributed by atoms with van der Waals surface area (Å²) in [6.07, 6.45) is 1.46. The molecule has 2 heterocycles. The van der Waals surface area contributed by atoms with Gasteiger partial charge in [0.15, 0.2) is 0 Å². The van der Waals surface area contributed by atoms with Crippen molar-refractivity contribution in [2.45, 2.75) is 19.3 Å². The number of rotatable bonds is 5. The van der Waals surface area contributed by atoms with E-state index in [1.165, 1.54) is 0 Å². The second-order valence-corrected chi connectivity index (χ2v) is 7.51. The van der Waals surface area contributed by atoms with E-state index in [1.54, 1.807) is 25.3 Å². The molecule has 2 N–H and O–H groups in total. The number of carboxylic acids is 1. The molecule has 1 aromatic heterocycles. The molecule has 1 fully saturated rings. The number of ether oxygens (including phenoxy) is 1. The number of nitrogens with one attached hydrogen (secondary N) is 1. The number of aromatic nitrogens is 2. The molecular formula is C22H23N3O4. The van der Waals surface area contributed by atoms with Gasteiger partial charge in [-0.15, -0.1) is 0 Å². The predicted molar refractivity (Wildman–Crippen MR) is 111 cm³/mol. The fourth-order valence-electron chi connectivity index (χ4n) is 3.98. The number of nitrogens with zero attached hydrogens (tertiary/aromatic N) is 2. The Bertz CT molecular complexity index is 1090. The van der Waals surface area contributed by atoms with Gasteiger partial charge in [-0.3, -0.25) is 14.6 Å². The van der Waals surface area contributed by atoms with Gasteiger partial charge < -0.3 is 14.7 Å². The van der Waals surface area contributed by atoms with Crippen molar-refractivity contribution < 1.29 is 14.6 Å². The second kappa shape index (κ2) is 7.58. The summed E-state index contributed by atoms with van der Waals surface area (Å²) in [6.45, 7) is 1.02. The van der Waals surface area contributed by atoms with Crippen LogP contribution in [0.2, 0.25) is 0 Å². The fourth-order valence-corrected chi connectivity index (χ4v) is 3.98. The Morgan fingerprint density at radius 3 is 2.59 bits per heavy atom. The molecule has 0 spiro atoms. The first-order valence-electron chi connectivity index (χ1n) is 9.61. The zero-order chi connectivity index (χ0) is 20.4. The first-order chi connectivity index (χ1) is 14.0. The Kier molecular flexibility index (Phi) is 4.96. The van der Waals surface area contributed by atoms with Crippen molar-refractivity contribution in [3.8, 4) is 5.75 Å². The molecule has 0 bridgehead atoms. The zero-order valence-corrected chi connectivity index (χ0v) is 16.2. The van der Waals surface area contributed by atoms with Gasteiger partial charge in [0.25, 0.3) is 5.56 Å². The van der Waals surface area contributed by atoms with Crippen molar-refractivity contribution in [1.29, 1.82) is 0 Å². The molecule has 0 saturated carbocycles. The number of methoxy groups -OCH3 is 1. The topological polar surface area (TPSA) is 95.5 Å². The number of hydrogen-bond acceptors (Lipinski definition) is 5. The van der Waals surface area contributed by atoms with E-state index in [1.807, 2.05) is 35.2 Å². The molecule has 29 heavy (non-hydrogen) atoms.